The lowest BCUT2D eigenvalue weighted by molar-refractivity contribution is 0.975. The molecule has 0 radical (unpaired) electrons. The summed E-state index contributed by atoms with van der Waals surface area (Å²) in [5, 5.41) is 13.7. The molecule has 0 aliphatic carbocycles. The fourth-order valence-electron chi connectivity index (χ4n) is 3.11. The molecule has 2 heterocycles. The summed E-state index contributed by atoms with van der Waals surface area (Å²) in [6.45, 7) is 0. The molecule has 0 spiro atoms. The van der Waals surface area contributed by atoms with Gasteiger partial charge in [-0.3, -0.25) is 4.98 Å². The van der Waals surface area contributed by atoms with E-state index in [2.05, 4.69) is 38.5 Å². The lowest BCUT2D eigenvalue weighted by Crippen LogP contribution is -2.03. The highest BCUT2D eigenvalue weighted by Crippen LogP contribution is 2.30. The Labute approximate surface area is 179 Å². The first-order valence-electron chi connectivity index (χ1n) is 9.43. The maximum Gasteiger partial charge on any atom is 0.189 e. The van der Waals surface area contributed by atoms with Crippen molar-refractivity contribution in [2.75, 3.05) is 11.6 Å². The van der Waals surface area contributed by atoms with Crippen LogP contribution in [0.5, 0.6) is 0 Å². The molecule has 0 amide bonds. The second-order valence-corrected chi connectivity index (χ2v) is 7.39. The van der Waals surface area contributed by atoms with E-state index >= 15 is 0 Å². The van der Waals surface area contributed by atoms with Crippen LogP contribution in [-0.4, -0.2) is 21.2 Å². The molecular weight excluding hydrogens is 390 g/mol. The maximum absolute atomic E-state index is 9.83. The second kappa shape index (κ2) is 9.21. The van der Waals surface area contributed by atoms with Gasteiger partial charge in [-0.1, -0.05) is 54.2 Å². The standard InChI is InChI=1S/C24H19N5S/c1-30-24-28-22(19-5-3-2-4-6-19)21(16-25)23(29-24)27-20-9-7-17(8-10-20)15-18-11-13-26-14-12-18/h2-14H,15H2,1H3,(H,27,28,29). The molecule has 0 fully saturated rings. The Morgan fingerprint density at radius 1 is 0.900 bits per heavy atom. The summed E-state index contributed by atoms with van der Waals surface area (Å²) in [6, 6.07) is 24.2. The third kappa shape index (κ3) is 4.48. The van der Waals surface area contributed by atoms with Crippen molar-refractivity contribution in [3.63, 3.8) is 0 Å². The number of nitrogens with zero attached hydrogens (tertiary/aromatic N) is 4. The number of rotatable bonds is 6. The molecule has 0 atom stereocenters. The number of nitriles is 1. The van der Waals surface area contributed by atoms with Gasteiger partial charge in [0.15, 0.2) is 11.0 Å². The van der Waals surface area contributed by atoms with Gasteiger partial charge in [-0.25, -0.2) is 9.97 Å². The van der Waals surface area contributed by atoms with Crippen LogP contribution in [-0.2, 0) is 6.42 Å². The Hall–Kier alpha value is -3.69. The van der Waals surface area contributed by atoms with Crippen molar-refractivity contribution < 1.29 is 0 Å². The van der Waals surface area contributed by atoms with Crippen LogP contribution < -0.4 is 5.32 Å². The first-order valence-corrected chi connectivity index (χ1v) is 10.7. The van der Waals surface area contributed by atoms with Crippen molar-refractivity contribution in [2.24, 2.45) is 0 Å². The summed E-state index contributed by atoms with van der Waals surface area (Å²) >= 11 is 1.45. The molecule has 0 saturated heterocycles. The van der Waals surface area contributed by atoms with Crippen molar-refractivity contribution in [1.82, 2.24) is 15.0 Å². The zero-order valence-electron chi connectivity index (χ0n) is 16.4. The highest BCUT2D eigenvalue weighted by atomic mass is 32.2. The van der Waals surface area contributed by atoms with Crippen LogP contribution >= 0.6 is 11.8 Å². The van der Waals surface area contributed by atoms with Crippen molar-refractivity contribution in [2.45, 2.75) is 11.6 Å². The number of anilines is 2. The van der Waals surface area contributed by atoms with Crippen molar-refractivity contribution in [3.8, 4) is 17.3 Å². The average molecular weight is 410 g/mol. The average Bonchev–Trinajstić information content (AvgIpc) is 2.81. The van der Waals surface area contributed by atoms with E-state index in [-0.39, 0.29) is 0 Å². The largest absolute Gasteiger partial charge is 0.339 e. The van der Waals surface area contributed by atoms with Crippen LogP contribution in [0.2, 0.25) is 0 Å². The molecule has 1 N–H and O–H groups in total. The molecule has 0 bridgehead atoms. The molecule has 2 aromatic carbocycles. The van der Waals surface area contributed by atoms with E-state index in [1.54, 1.807) is 12.4 Å². The Kier molecular flexibility index (Phi) is 6.02. The van der Waals surface area contributed by atoms with Gasteiger partial charge in [0, 0.05) is 23.6 Å². The Bertz CT molecular complexity index is 1170. The van der Waals surface area contributed by atoms with Gasteiger partial charge < -0.3 is 5.32 Å². The van der Waals surface area contributed by atoms with Crippen molar-refractivity contribution in [3.05, 3.63) is 95.8 Å². The molecule has 0 unspecified atom stereocenters. The minimum absolute atomic E-state index is 0.430. The summed E-state index contributed by atoms with van der Waals surface area (Å²) in [4.78, 5) is 13.2. The summed E-state index contributed by atoms with van der Waals surface area (Å²) in [5.74, 6) is 0.512. The molecule has 4 aromatic rings. The summed E-state index contributed by atoms with van der Waals surface area (Å²) in [6.07, 6.45) is 6.37. The van der Waals surface area contributed by atoms with Crippen LogP contribution in [0.15, 0.2) is 84.3 Å². The monoisotopic (exact) mass is 409 g/mol. The van der Waals surface area contributed by atoms with Gasteiger partial charge >= 0.3 is 0 Å². The SMILES string of the molecule is CSc1nc(Nc2ccc(Cc3ccncc3)cc2)c(C#N)c(-c2ccccc2)n1. The third-order valence-electron chi connectivity index (χ3n) is 4.60. The number of thioether (sulfide) groups is 1. The van der Waals surface area contributed by atoms with Gasteiger partial charge in [-0.15, -0.1) is 0 Å². The van der Waals surface area contributed by atoms with Gasteiger partial charge in [0.1, 0.15) is 11.6 Å². The van der Waals surface area contributed by atoms with Crippen LogP contribution in [0, 0.1) is 11.3 Å². The third-order valence-corrected chi connectivity index (χ3v) is 5.15. The minimum Gasteiger partial charge on any atom is -0.339 e. The van der Waals surface area contributed by atoms with Crippen molar-refractivity contribution >= 4 is 23.3 Å². The highest BCUT2D eigenvalue weighted by molar-refractivity contribution is 7.98. The molecule has 5 nitrogen and oxygen atoms in total. The fourth-order valence-corrected chi connectivity index (χ4v) is 3.48. The van der Waals surface area contributed by atoms with Gasteiger partial charge in [-0.2, -0.15) is 5.26 Å². The predicted molar refractivity (Wildman–Crippen MR) is 121 cm³/mol. The highest BCUT2D eigenvalue weighted by Gasteiger charge is 2.16. The van der Waals surface area contributed by atoms with Gasteiger partial charge in [-0.05, 0) is 48.1 Å². The first-order chi connectivity index (χ1) is 14.8. The minimum atomic E-state index is 0.430. The smallest absolute Gasteiger partial charge is 0.189 e. The Morgan fingerprint density at radius 2 is 1.60 bits per heavy atom. The van der Waals surface area contributed by atoms with E-state index in [0.29, 0.717) is 22.2 Å². The van der Waals surface area contributed by atoms with E-state index in [0.717, 1.165) is 17.7 Å². The summed E-state index contributed by atoms with van der Waals surface area (Å²) in [5.41, 5.74) is 5.24. The zero-order valence-corrected chi connectivity index (χ0v) is 17.2. The molecular formula is C24H19N5S. The molecule has 6 heteroatoms. The van der Waals surface area contributed by atoms with E-state index in [4.69, 9.17) is 0 Å². The van der Waals surface area contributed by atoms with E-state index in [1.165, 1.54) is 22.9 Å². The fraction of sp³-hybridized carbons (Fsp3) is 0.0833. The lowest BCUT2D eigenvalue weighted by atomic mass is 10.1. The van der Waals surface area contributed by atoms with Crippen LogP contribution in [0.1, 0.15) is 16.7 Å². The topological polar surface area (TPSA) is 74.5 Å². The molecule has 146 valence electrons. The number of hydrogen-bond acceptors (Lipinski definition) is 6. The number of nitrogens with one attached hydrogen (secondary N) is 1. The Balaban J connectivity index is 1.63. The number of aromatic nitrogens is 3. The number of pyridine rings is 1. The van der Waals surface area contributed by atoms with Crippen LogP contribution in [0.25, 0.3) is 11.3 Å². The van der Waals surface area contributed by atoms with Crippen LogP contribution in [0.3, 0.4) is 0 Å². The molecule has 0 saturated carbocycles. The number of benzene rings is 2. The predicted octanol–water partition coefficient (Wildman–Crippen LogP) is 5.47. The van der Waals surface area contributed by atoms with Crippen molar-refractivity contribution in [1.29, 1.82) is 5.26 Å². The molecule has 0 aliphatic heterocycles. The maximum atomic E-state index is 9.83. The van der Waals surface area contributed by atoms with Gasteiger partial charge in [0.2, 0.25) is 0 Å². The van der Waals surface area contributed by atoms with E-state index in [9.17, 15) is 5.26 Å². The molecule has 0 aliphatic rings. The molecule has 2 aromatic heterocycles. The van der Waals surface area contributed by atoms with Crippen LogP contribution in [0.4, 0.5) is 11.5 Å². The van der Waals surface area contributed by atoms with Gasteiger partial charge in [0.05, 0.1) is 5.69 Å². The zero-order chi connectivity index (χ0) is 20.8. The summed E-state index contributed by atoms with van der Waals surface area (Å²) in [7, 11) is 0. The lowest BCUT2D eigenvalue weighted by Gasteiger charge is -2.12. The van der Waals surface area contributed by atoms with E-state index < -0.39 is 0 Å². The number of hydrogen-bond donors (Lipinski definition) is 1. The molecule has 30 heavy (non-hydrogen) atoms. The second-order valence-electron chi connectivity index (χ2n) is 6.61. The van der Waals surface area contributed by atoms with E-state index in [1.807, 2.05) is 60.9 Å². The normalized spacial score (nSPS) is 10.4. The summed E-state index contributed by atoms with van der Waals surface area (Å²) < 4.78 is 0. The first kappa shape index (κ1) is 19.6. The molecule has 4 rings (SSSR count). The quantitative estimate of drug-likeness (QED) is 0.336. The van der Waals surface area contributed by atoms with Gasteiger partial charge in [0.25, 0.3) is 0 Å². The Morgan fingerprint density at radius 3 is 2.27 bits per heavy atom.